The monoisotopic (exact) mass is 273 g/mol. The predicted molar refractivity (Wildman–Crippen MR) is 72.1 cm³/mol. The van der Waals surface area contributed by atoms with E-state index in [-0.39, 0.29) is 11.3 Å². The van der Waals surface area contributed by atoms with Gasteiger partial charge in [0.2, 0.25) is 5.89 Å². The summed E-state index contributed by atoms with van der Waals surface area (Å²) in [6, 6.07) is -1.19. The van der Waals surface area contributed by atoms with Gasteiger partial charge >= 0.3 is 6.01 Å². The van der Waals surface area contributed by atoms with Gasteiger partial charge in [0, 0.05) is 5.41 Å². The van der Waals surface area contributed by atoms with Crippen LogP contribution in [0.4, 0.5) is 8.78 Å². The van der Waals surface area contributed by atoms with Crippen molar-refractivity contribution in [3.8, 4) is 0 Å². The van der Waals surface area contributed by atoms with Crippen molar-refractivity contribution < 1.29 is 13.2 Å². The molecule has 19 heavy (non-hydrogen) atoms. The molecule has 0 saturated carbocycles. The lowest BCUT2D eigenvalue weighted by Crippen LogP contribution is -2.22. The Labute approximate surface area is 114 Å². The molecular weight excluding hydrogens is 248 g/mol. The number of hydrogen-bond donors (Lipinski definition) is 0. The molecule has 0 radical (unpaired) electrons. The van der Waals surface area contributed by atoms with Crippen LogP contribution >= 0.6 is 0 Å². The Morgan fingerprint density at radius 3 is 2.16 bits per heavy atom. The van der Waals surface area contributed by atoms with Crippen molar-refractivity contribution >= 4 is 0 Å². The molecule has 0 aliphatic heterocycles. The number of rotatable bonds is 9. The largest absolute Gasteiger partial charge is 0.413 e. The minimum Gasteiger partial charge on any atom is -0.413 e. The molecule has 0 amide bonds. The van der Waals surface area contributed by atoms with E-state index in [9.17, 15) is 8.78 Å². The van der Waals surface area contributed by atoms with Gasteiger partial charge in [0.05, 0.1) is 0 Å². The maximum absolute atomic E-state index is 13.1. The summed E-state index contributed by atoms with van der Waals surface area (Å²) in [5.41, 5.74) is -0.352. The van der Waals surface area contributed by atoms with Crippen LogP contribution in [0.1, 0.15) is 78.0 Å². The molecule has 110 valence electrons. The minimum atomic E-state index is -1.19. The highest BCUT2D eigenvalue weighted by Crippen LogP contribution is 2.35. The number of aromatic nitrogens is 1. The van der Waals surface area contributed by atoms with Crippen LogP contribution in [0.5, 0.6) is 0 Å². The molecule has 0 fully saturated rings. The summed E-state index contributed by atoms with van der Waals surface area (Å²) in [7, 11) is 0. The summed E-state index contributed by atoms with van der Waals surface area (Å²) < 4.78 is 31.0. The first kappa shape index (κ1) is 16.1. The van der Waals surface area contributed by atoms with E-state index in [1.807, 2.05) is 6.92 Å². The van der Waals surface area contributed by atoms with Crippen LogP contribution in [0.15, 0.2) is 4.42 Å². The van der Waals surface area contributed by atoms with Crippen molar-refractivity contribution in [1.82, 2.24) is 4.98 Å². The molecule has 1 atom stereocenters. The van der Waals surface area contributed by atoms with Crippen LogP contribution in [0.3, 0.4) is 0 Å². The highest BCUT2D eigenvalue weighted by atomic mass is 19.2. The quantitative estimate of drug-likeness (QED) is 0.565. The van der Waals surface area contributed by atoms with Crippen molar-refractivity contribution in [3.05, 3.63) is 17.9 Å². The number of nitrogens with zero attached hydrogens (tertiary/aromatic N) is 1. The average Bonchev–Trinajstić information content (AvgIpc) is 2.73. The van der Waals surface area contributed by atoms with Crippen LogP contribution in [-0.2, 0) is 5.41 Å². The molecule has 1 unspecified atom stereocenters. The third-order valence-electron chi connectivity index (χ3n) is 3.73. The molecule has 0 spiro atoms. The second kappa shape index (κ2) is 7.61. The zero-order valence-electron chi connectivity index (χ0n) is 12.3. The minimum absolute atomic E-state index is 0.215. The first-order valence-corrected chi connectivity index (χ1v) is 7.35. The fourth-order valence-electron chi connectivity index (χ4n) is 2.39. The summed E-state index contributed by atoms with van der Waals surface area (Å²) in [6.45, 7) is 6.27. The number of hydrogen-bond acceptors (Lipinski definition) is 2. The van der Waals surface area contributed by atoms with Crippen molar-refractivity contribution in [2.75, 3.05) is 0 Å². The molecule has 1 heterocycles. The average molecular weight is 273 g/mol. The molecular formula is C15H25F2NO. The van der Waals surface area contributed by atoms with Crippen LogP contribution in [0.2, 0.25) is 0 Å². The fraction of sp³-hybridized carbons (Fsp3) is 0.800. The summed E-state index contributed by atoms with van der Waals surface area (Å²) >= 11 is 0. The Morgan fingerprint density at radius 2 is 1.63 bits per heavy atom. The number of unbranched alkanes of at least 4 members (excludes halogenated alkanes) is 4. The normalized spacial score (nSPS) is 14.6. The van der Waals surface area contributed by atoms with E-state index in [4.69, 9.17) is 4.42 Å². The Balaban J connectivity index is 2.73. The summed E-state index contributed by atoms with van der Waals surface area (Å²) in [5.74, 6) is -0.904. The molecule has 1 aromatic rings. The molecule has 4 heteroatoms. The van der Waals surface area contributed by atoms with Crippen molar-refractivity contribution in [3.63, 3.8) is 0 Å². The highest BCUT2D eigenvalue weighted by Gasteiger charge is 2.32. The molecule has 2 nitrogen and oxygen atoms in total. The van der Waals surface area contributed by atoms with Gasteiger partial charge in [-0.25, -0.2) is 0 Å². The molecule has 1 rings (SSSR count). The molecule has 0 aliphatic rings. The van der Waals surface area contributed by atoms with Gasteiger partial charge in [0.15, 0.2) is 0 Å². The Morgan fingerprint density at radius 1 is 1.00 bits per heavy atom. The van der Waals surface area contributed by atoms with Crippen LogP contribution in [0, 0.1) is 12.0 Å². The predicted octanol–water partition coefficient (Wildman–Crippen LogP) is 5.37. The lowest BCUT2D eigenvalue weighted by molar-refractivity contribution is 0.244. The van der Waals surface area contributed by atoms with Gasteiger partial charge in [-0.2, -0.15) is 13.8 Å². The Kier molecular flexibility index (Phi) is 6.46. The molecule has 1 aromatic heterocycles. The van der Waals surface area contributed by atoms with Crippen LogP contribution in [0.25, 0.3) is 0 Å². The third-order valence-corrected chi connectivity index (χ3v) is 3.73. The SMILES string of the molecule is CCCCCCC(C)(CCCC)c1nc(F)c(F)o1. The topological polar surface area (TPSA) is 26.0 Å². The second-order valence-electron chi connectivity index (χ2n) is 5.56. The zero-order chi connectivity index (χ0) is 14.3. The van der Waals surface area contributed by atoms with Gasteiger partial charge in [0.1, 0.15) is 0 Å². The van der Waals surface area contributed by atoms with Crippen molar-refractivity contribution in [1.29, 1.82) is 0 Å². The van der Waals surface area contributed by atoms with Gasteiger partial charge in [-0.15, -0.1) is 0 Å². The molecule has 0 aliphatic carbocycles. The van der Waals surface area contributed by atoms with E-state index >= 15 is 0 Å². The standard InChI is InChI=1S/C15H25F2NO/c1-4-6-8-9-11-15(3,10-7-5-2)14-18-12(16)13(17)19-14/h4-11H2,1-3H3. The highest BCUT2D eigenvalue weighted by molar-refractivity contribution is 5.03. The maximum Gasteiger partial charge on any atom is 0.335 e. The summed E-state index contributed by atoms with van der Waals surface area (Å²) in [6.07, 6.45) is 8.34. The second-order valence-corrected chi connectivity index (χ2v) is 5.56. The third kappa shape index (κ3) is 4.59. The van der Waals surface area contributed by atoms with E-state index in [0.29, 0.717) is 0 Å². The van der Waals surface area contributed by atoms with E-state index in [0.717, 1.165) is 38.5 Å². The molecule has 0 aromatic carbocycles. The maximum atomic E-state index is 13.1. The smallest absolute Gasteiger partial charge is 0.335 e. The van der Waals surface area contributed by atoms with Crippen molar-refractivity contribution in [2.24, 2.45) is 0 Å². The van der Waals surface area contributed by atoms with Crippen LogP contribution < -0.4 is 0 Å². The first-order valence-electron chi connectivity index (χ1n) is 7.35. The van der Waals surface area contributed by atoms with Gasteiger partial charge < -0.3 is 4.42 Å². The summed E-state index contributed by atoms with van der Waals surface area (Å²) in [5, 5.41) is 0. The Bertz CT molecular complexity index is 359. The Hall–Kier alpha value is -0.930. The molecule has 0 bridgehead atoms. The van der Waals surface area contributed by atoms with Gasteiger partial charge in [-0.3, -0.25) is 0 Å². The van der Waals surface area contributed by atoms with E-state index < -0.39 is 12.0 Å². The lowest BCUT2D eigenvalue weighted by atomic mass is 9.80. The van der Waals surface area contributed by atoms with Crippen LogP contribution in [-0.4, -0.2) is 4.98 Å². The van der Waals surface area contributed by atoms with Crippen molar-refractivity contribution in [2.45, 2.75) is 77.6 Å². The molecule has 0 N–H and O–H groups in total. The summed E-state index contributed by atoms with van der Waals surface area (Å²) in [4.78, 5) is 3.63. The molecule has 0 saturated heterocycles. The van der Waals surface area contributed by atoms with Gasteiger partial charge in [-0.1, -0.05) is 59.3 Å². The number of halogens is 2. The fourth-order valence-corrected chi connectivity index (χ4v) is 2.39. The zero-order valence-corrected chi connectivity index (χ0v) is 12.3. The van der Waals surface area contributed by atoms with E-state index in [1.165, 1.54) is 12.8 Å². The lowest BCUT2D eigenvalue weighted by Gasteiger charge is -2.26. The van der Waals surface area contributed by atoms with E-state index in [1.54, 1.807) is 0 Å². The van der Waals surface area contributed by atoms with E-state index in [2.05, 4.69) is 18.8 Å². The van der Waals surface area contributed by atoms with Gasteiger partial charge in [-0.05, 0) is 12.8 Å². The first-order chi connectivity index (χ1) is 9.03. The number of oxazole rings is 1. The van der Waals surface area contributed by atoms with Gasteiger partial charge in [0.25, 0.3) is 5.95 Å².